The van der Waals surface area contributed by atoms with Gasteiger partial charge >= 0.3 is 0 Å². The molecule has 1 saturated heterocycles. The van der Waals surface area contributed by atoms with E-state index >= 15 is 0 Å². The van der Waals surface area contributed by atoms with Crippen molar-refractivity contribution >= 4 is 0 Å². The predicted molar refractivity (Wildman–Crippen MR) is 102 cm³/mol. The van der Waals surface area contributed by atoms with Crippen molar-refractivity contribution in [2.75, 3.05) is 6.61 Å². The van der Waals surface area contributed by atoms with E-state index in [4.69, 9.17) is 9.47 Å². The zero-order chi connectivity index (χ0) is 20.8. The van der Waals surface area contributed by atoms with Gasteiger partial charge in [-0.05, 0) is 37.5 Å². The first-order chi connectivity index (χ1) is 13.1. The molecule has 3 fully saturated rings. The molecule has 0 bridgehead atoms. The van der Waals surface area contributed by atoms with E-state index in [2.05, 4.69) is 27.4 Å². The summed E-state index contributed by atoms with van der Waals surface area (Å²) in [6.07, 6.45) is -4.13. The summed E-state index contributed by atoms with van der Waals surface area (Å²) < 4.78 is 11.9. The van der Waals surface area contributed by atoms with E-state index in [1.54, 1.807) is 0 Å². The molecule has 1 aliphatic heterocycles. The molecule has 0 spiro atoms. The third-order valence-corrected chi connectivity index (χ3v) is 7.41. The third-order valence-electron chi connectivity index (χ3n) is 7.41. The molecule has 0 aromatic carbocycles. The van der Waals surface area contributed by atoms with Crippen LogP contribution in [0.1, 0.15) is 46.5 Å². The van der Waals surface area contributed by atoms with Crippen LogP contribution in [-0.4, -0.2) is 75.1 Å². The Morgan fingerprint density at radius 1 is 1.14 bits per heavy atom. The lowest BCUT2D eigenvalue weighted by molar-refractivity contribution is -0.326. The number of fused-ring (bicyclic) bond motifs is 1. The average molecular weight is 401 g/mol. The van der Waals surface area contributed by atoms with Crippen molar-refractivity contribution in [3.05, 3.63) is 12.2 Å². The van der Waals surface area contributed by atoms with Crippen molar-refractivity contribution in [3.63, 3.8) is 0 Å². The van der Waals surface area contributed by atoms with Gasteiger partial charge in [0.15, 0.2) is 6.29 Å². The zero-order valence-corrected chi connectivity index (χ0v) is 17.1. The van der Waals surface area contributed by atoms with Crippen LogP contribution in [0.25, 0.3) is 0 Å². The highest BCUT2D eigenvalue weighted by Crippen LogP contribution is 2.55. The van der Waals surface area contributed by atoms with Gasteiger partial charge in [-0.1, -0.05) is 32.9 Å². The molecule has 2 saturated carbocycles. The second kappa shape index (κ2) is 8.30. The lowest BCUT2D eigenvalue weighted by Gasteiger charge is -2.56. The molecule has 3 rings (SSSR count). The van der Waals surface area contributed by atoms with Crippen LogP contribution in [-0.2, 0) is 9.47 Å². The average Bonchev–Trinajstić information content (AvgIpc) is 2.65. The minimum atomic E-state index is -1.47. The van der Waals surface area contributed by atoms with Crippen LogP contribution in [0.5, 0.6) is 0 Å². The van der Waals surface area contributed by atoms with Crippen LogP contribution in [0.15, 0.2) is 12.2 Å². The summed E-state index contributed by atoms with van der Waals surface area (Å²) in [6.45, 7) is 10.1. The first-order valence-corrected chi connectivity index (χ1v) is 10.4. The molecule has 5 N–H and O–H groups in total. The Kier molecular flexibility index (Phi) is 6.57. The largest absolute Gasteiger partial charge is 0.394 e. The molecule has 10 atom stereocenters. The molecule has 0 radical (unpaired) electrons. The van der Waals surface area contributed by atoms with Gasteiger partial charge in [-0.15, -0.1) is 0 Å². The number of hydrogen-bond donors (Lipinski definition) is 5. The first-order valence-electron chi connectivity index (χ1n) is 10.4. The molecule has 0 aromatic heterocycles. The summed E-state index contributed by atoms with van der Waals surface area (Å²) in [4.78, 5) is 0. The van der Waals surface area contributed by atoms with Crippen molar-refractivity contribution in [3.8, 4) is 0 Å². The van der Waals surface area contributed by atoms with Gasteiger partial charge in [-0.3, -0.25) is 0 Å². The van der Waals surface area contributed by atoms with Gasteiger partial charge in [0.1, 0.15) is 24.4 Å². The van der Waals surface area contributed by atoms with Gasteiger partial charge in [0.05, 0.1) is 18.8 Å². The Morgan fingerprint density at radius 3 is 2.43 bits per heavy atom. The smallest absolute Gasteiger partial charge is 0.187 e. The maximum atomic E-state index is 10.8. The van der Waals surface area contributed by atoms with Crippen LogP contribution in [0, 0.1) is 23.2 Å². The van der Waals surface area contributed by atoms with Crippen molar-refractivity contribution in [1.82, 2.24) is 0 Å². The monoisotopic (exact) mass is 400 g/mol. The van der Waals surface area contributed by atoms with Gasteiger partial charge in [-0.2, -0.15) is 0 Å². The van der Waals surface area contributed by atoms with Gasteiger partial charge < -0.3 is 35.0 Å². The van der Waals surface area contributed by atoms with Crippen LogP contribution in [0.2, 0.25) is 0 Å². The zero-order valence-electron chi connectivity index (χ0n) is 17.1. The lowest BCUT2D eigenvalue weighted by atomic mass is 9.53. The van der Waals surface area contributed by atoms with Crippen LogP contribution in [0.3, 0.4) is 0 Å². The number of ether oxygens (including phenoxy) is 2. The molecule has 2 aliphatic carbocycles. The molecule has 28 heavy (non-hydrogen) atoms. The molecule has 1 heterocycles. The maximum absolute atomic E-state index is 10.8. The maximum Gasteiger partial charge on any atom is 0.187 e. The Labute approximate surface area is 167 Å². The summed E-state index contributed by atoms with van der Waals surface area (Å²) >= 11 is 0. The molecule has 7 nitrogen and oxygen atoms in total. The van der Waals surface area contributed by atoms with Gasteiger partial charge in [0.25, 0.3) is 0 Å². The second-order valence-electron chi connectivity index (χ2n) is 9.44. The molecular weight excluding hydrogens is 364 g/mol. The summed E-state index contributed by atoms with van der Waals surface area (Å²) in [5, 5.41) is 50.8. The van der Waals surface area contributed by atoms with Crippen LogP contribution >= 0.6 is 0 Å². The van der Waals surface area contributed by atoms with E-state index in [1.165, 1.54) is 0 Å². The fourth-order valence-electron chi connectivity index (χ4n) is 5.53. The molecule has 0 amide bonds. The Bertz CT molecular complexity index is 565. The highest BCUT2D eigenvalue weighted by molar-refractivity contribution is 5.18. The SMILES string of the molecule is C=C1CCC(O)C2(C)CCC(C(C)C)C(OC3OC(CO)C(O)C(O)C3O)C12. The normalized spacial score (nSPS) is 49.9. The summed E-state index contributed by atoms with van der Waals surface area (Å²) in [5.74, 6) is 0.392. The summed E-state index contributed by atoms with van der Waals surface area (Å²) in [7, 11) is 0. The highest BCUT2D eigenvalue weighted by Gasteiger charge is 2.56. The van der Waals surface area contributed by atoms with Crippen LogP contribution < -0.4 is 0 Å². The minimum Gasteiger partial charge on any atom is -0.394 e. The quantitative estimate of drug-likeness (QED) is 0.438. The van der Waals surface area contributed by atoms with Crippen LogP contribution in [0.4, 0.5) is 0 Å². The number of rotatable bonds is 4. The molecular formula is C21H36O7. The van der Waals surface area contributed by atoms with E-state index in [1.807, 2.05) is 0 Å². The molecule has 3 aliphatic rings. The molecule has 162 valence electrons. The summed E-state index contributed by atoms with van der Waals surface area (Å²) in [5.41, 5.74) is 0.673. The van der Waals surface area contributed by atoms with E-state index in [0.717, 1.165) is 24.8 Å². The van der Waals surface area contributed by atoms with E-state index < -0.39 is 43.4 Å². The number of hydrogen-bond acceptors (Lipinski definition) is 7. The van der Waals surface area contributed by atoms with E-state index in [9.17, 15) is 25.5 Å². The number of aliphatic hydroxyl groups excluding tert-OH is 5. The highest BCUT2D eigenvalue weighted by atomic mass is 16.7. The third kappa shape index (κ3) is 3.67. The van der Waals surface area contributed by atoms with Gasteiger partial charge in [0, 0.05) is 11.3 Å². The number of aliphatic hydroxyl groups is 5. The standard InChI is InChI=1S/C21H36O7/c1-10(2)12-7-8-21(4)14(23)6-5-11(3)15(21)19(12)28-20-18(26)17(25)16(24)13(9-22)27-20/h10,12-20,22-26H,3,5-9H2,1-2,4H3. The van der Waals surface area contributed by atoms with Crippen molar-refractivity contribution in [2.24, 2.45) is 23.2 Å². The minimum absolute atomic E-state index is 0.0928. The molecule has 7 heteroatoms. The van der Waals surface area contributed by atoms with E-state index in [0.29, 0.717) is 12.3 Å². The molecule has 10 unspecified atom stereocenters. The Balaban J connectivity index is 1.90. The van der Waals surface area contributed by atoms with Crippen molar-refractivity contribution < 1.29 is 35.0 Å². The molecule has 0 aromatic rings. The topological polar surface area (TPSA) is 120 Å². The van der Waals surface area contributed by atoms with Gasteiger partial charge in [0.2, 0.25) is 0 Å². The summed E-state index contributed by atoms with van der Waals surface area (Å²) in [6, 6.07) is 0. The van der Waals surface area contributed by atoms with Crippen molar-refractivity contribution in [1.29, 1.82) is 0 Å². The first kappa shape index (κ1) is 22.2. The Morgan fingerprint density at radius 2 is 1.82 bits per heavy atom. The van der Waals surface area contributed by atoms with Gasteiger partial charge in [-0.25, -0.2) is 0 Å². The lowest BCUT2D eigenvalue weighted by Crippen LogP contribution is -2.62. The fourth-order valence-corrected chi connectivity index (χ4v) is 5.53. The fraction of sp³-hybridized carbons (Fsp3) is 0.905. The van der Waals surface area contributed by atoms with E-state index in [-0.39, 0.29) is 23.4 Å². The van der Waals surface area contributed by atoms with Crippen molar-refractivity contribution in [2.45, 2.75) is 89.4 Å². The second-order valence-corrected chi connectivity index (χ2v) is 9.44. The Hall–Kier alpha value is -0.540. The predicted octanol–water partition coefficient (Wildman–Crippen LogP) is 0.571.